The number of hydrogen-bond acceptors (Lipinski definition) is 3. The van der Waals surface area contributed by atoms with Crippen LogP contribution < -0.4 is 5.50 Å². The maximum absolute atomic E-state index is 9.31. The van der Waals surface area contributed by atoms with Gasteiger partial charge in [0.25, 0.3) is 0 Å². The van der Waals surface area contributed by atoms with Crippen LogP contribution in [0.5, 0.6) is 5.75 Å². The van der Waals surface area contributed by atoms with Gasteiger partial charge in [0.15, 0.2) is 0 Å². The number of hydrogen-bond donors (Lipinski definition) is 4. The second-order valence-corrected chi connectivity index (χ2v) is 4.12. The SMILES string of the molecule is NP(=O)(O)O.Oc1cccc2cccnc12. The Morgan fingerprint density at radius 1 is 1.19 bits per heavy atom. The fourth-order valence-corrected chi connectivity index (χ4v) is 1.09. The van der Waals surface area contributed by atoms with Crippen molar-refractivity contribution < 1.29 is 19.5 Å². The molecule has 0 aliphatic carbocycles. The number of phenolic OH excluding ortho intramolecular Hbond substituents is 1. The van der Waals surface area contributed by atoms with Crippen LogP contribution in [0.15, 0.2) is 36.5 Å². The predicted octanol–water partition coefficient (Wildman–Crippen LogP) is 0.978. The summed E-state index contributed by atoms with van der Waals surface area (Å²) in [6.45, 7) is 0. The normalized spacial score (nSPS) is 10.7. The third-order valence-electron chi connectivity index (χ3n) is 1.61. The molecule has 0 saturated carbocycles. The summed E-state index contributed by atoms with van der Waals surface area (Å²) in [5.74, 6) is 0.239. The van der Waals surface area contributed by atoms with Crippen molar-refractivity contribution in [2.24, 2.45) is 5.50 Å². The Balaban J connectivity index is 0.000000221. The molecule has 86 valence electrons. The highest BCUT2D eigenvalue weighted by molar-refractivity contribution is 7.49. The first kappa shape index (κ1) is 12.6. The van der Waals surface area contributed by atoms with Crippen molar-refractivity contribution in [3.63, 3.8) is 0 Å². The number of nitrogens with zero attached hydrogens (tertiary/aromatic N) is 1. The quantitative estimate of drug-likeness (QED) is 0.511. The summed E-state index contributed by atoms with van der Waals surface area (Å²) in [7, 11) is -4.14. The summed E-state index contributed by atoms with van der Waals surface area (Å²) in [6.07, 6.45) is 1.67. The summed E-state index contributed by atoms with van der Waals surface area (Å²) < 4.78 is 9.10. The number of aromatic hydroxyl groups is 1. The lowest BCUT2D eigenvalue weighted by Gasteiger charge is -1.96. The van der Waals surface area contributed by atoms with E-state index >= 15 is 0 Å². The molecule has 0 bridgehead atoms. The monoisotopic (exact) mass is 242 g/mol. The van der Waals surface area contributed by atoms with Gasteiger partial charge in [-0.25, -0.2) is 10.1 Å². The van der Waals surface area contributed by atoms with E-state index in [0.717, 1.165) is 5.39 Å². The van der Waals surface area contributed by atoms with Gasteiger partial charge in [0.2, 0.25) is 0 Å². The third kappa shape index (κ3) is 4.37. The Bertz CT molecular complexity index is 512. The number of pyridine rings is 1. The van der Waals surface area contributed by atoms with Crippen molar-refractivity contribution in [1.82, 2.24) is 4.98 Å². The molecule has 0 unspecified atom stereocenters. The van der Waals surface area contributed by atoms with E-state index in [-0.39, 0.29) is 5.75 Å². The Morgan fingerprint density at radius 2 is 1.75 bits per heavy atom. The van der Waals surface area contributed by atoms with Crippen LogP contribution in [0.2, 0.25) is 0 Å². The molecule has 1 heterocycles. The summed E-state index contributed by atoms with van der Waals surface area (Å²) in [5.41, 5.74) is 4.68. The maximum Gasteiger partial charge on any atom is 0.397 e. The van der Waals surface area contributed by atoms with Crippen LogP contribution in [0.25, 0.3) is 10.9 Å². The molecule has 0 atom stereocenters. The highest BCUT2D eigenvalue weighted by atomic mass is 31.2. The number of benzene rings is 1. The number of phenols is 1. The van der Waals surface area contributed by atoms with E-state index in [2.05, 4.69) is 10.5 Å². The van der Waals surface area contributed by atoms with Crippen molar-refractivity contribution in [3.05, 3.63) is 36.5 Å². The van der Waals surface area contributed by atoms with Gasteiger partial charge in [-0.05, 0) is 12.1 Å². The maximum atomic E-state index is 9.31. The van der Waals surface area contributed by atoms with Crippen LogP contribution in [0.1, 0.15) is 0 Å². The van der Waals surface area contributed by atoms with E-state index in [9.17, 15) is 5.11 Å². The third-order valence-corrected chi connectivity index (χ3v) is 1.61. The van der Waals surface area contributed by atoms with Gasteiger partial charge in [-0.3, -0.25) is 4.98 Å². The number of fused-ring (bicyclic) bond motifs is 1. The molecular weight excluding hydrogens is 231 g/mol. The van der Waals surface area contributed by atoms with E-state index < -0.39 is 7.75 Å². The van der Waals surface area contributed by atoms with Crippen LogP contribution in [-0.4, -0.2) is 19.9 Å². The van der Waals surface area contributed by atoms with Crippen molar-refractivity contribution in [1.29, 1.82) is 0 Å². The zero-order chi connectivity index (χ0) is 12.2. The number of nitrogens with two attached hydrogens (primary N) is 1. The van der Waals surface area contributed by atoms with Gasteiger partial charge < -0.3 is 14.9 Å². The van der Waals surface area contributed by atoms with Gasteiger partial charge in [0.05, 0.1) is 0 Å². The standard InChI is InChI=1S/C9H7NO.H4NO3P/c11-8-5-1-3-7-4-2-6-10-9(7)8;1-5(2,3)4/h1-6,11H;(H4,1,2,3,4). The molecule has 0 aliphatic rings. The zero-order valence-electron chi connectivity index (χ0n) is 8.19. The van der Waals surface area contributed by atoms with E-state index in [1.165, 1.54) is 0 Å². The van der Waals surface area contributed by atoms with Crippen molar-refractivity contribution in [2.75, 3.05) is 0 Å². The van der Waals surface area contributed by atoms with Gasteiger partial charge in [-0.15, -0.1) is 0 Å². The number of aromatic nitrogens is 1. The van der Waals surface area contributed by atoms with Gasteiger partial charge >= 0.3 is 7.75 Å². The molecule has 0 saturated heterocycles. The van der Waals surface area contributed by atoms with Gasteiger partial charge in [0.1, 0.15) is 11.3 Å². The van der Waals surface area contributed by atoms with Gasteiger partial charge in [0, 0.05) is 11.6 Å². The van der Waals surface area contributed by atoms with Gasteiger partial charge in [-0.2, -0.15) is 0 Å². The fraction of sp³-hybridized carbons (Fsp3) is 0. The minimum absolute atomic E-state index is 0.239. The van der Waals surface area contributed by atoms with Crippen LogP contribution in [0.4, 0.5) is 0 Å². The average Bonchev–Trinajstić information content (AvgIpc) is 2.16. The largest absolute Gasteiger partial charge is 0.506 e. The Hall–Kier alpha value is -1.46. The molecule has 0 fully saturated rings. The van der Waals surface area contributed by atoms with Crippen molar-refractivity contribution in [3.8, 4) is 5.75 Å². The first-order valence-corrected chi connectivity index (χ1v) is 5.93. The zero-order valence-corrected chi connectivity index (χ0v) is 9.08. The predicted molar refractivity (Wildman–Crippen MR) is 59.6 cm³/mol. The summed E-state index contributed by atoms with van der Waals surface area (Å²) >= 11 is 0. The number of rotatable bonds is 0. The molecule has 1 aromatic carbocycles. The molecule has 0 amide bonds. The minimum Gasteiger partial charge on any atom is -0.506 e. The average molecular weight is 242 g/mol. The second kappa shape index (κ2) is 5.05. The Kier molecular flexibility index (Phi) is 3.98. The van der Waals surface area contributed by atoms with E-state index in [0.29, 0.717) is 5.52 Å². The molecule has 1 aromatic heterocycles. The minimum atomic E-state index is -4.14. The summed E-state index contributed by atoms with van der Waals surface area (Å²) in [4.78, 5) is 18.9. The highest BCUT2D eigenvalue weighted by Gasteiger charge is 1.97. The molecule has 16 heavy (non-hydrogen) atoms. The Morgan fingerprint density at radius 3 is 2.31 bits per heavy atom. The number of para-hydroxylation sites is 1. The topological polar surface area (TPSA) is 117 Å². The molecule has 2 rings (SSSR count). The summed E-state index contributed by atoms with van der Waals surface area (Å²) in [5, 5.41) is 10.3. The molecular formula is C9H11N2O4P. The van der Waals surface area contributed by atoms with Crippen LogP contribution in [0.3, 0.4) is 0 Å². The molecule has 5 N–H and O–H groups in total. The lowest BCUT2D eigenvalue weighted by molar-refractivity contribution is 0.374. The first-order valence-electron chi connectivity index (χ1n) is 4.25. The van der Waals surface area contributed by atoms with Crippen LogP contribution in [-0.2, 0) is 4.57 Å². The smallest absolute Gasteiger partial charge is 0.397 e. The molecule has 6 nitrogen and oxygen atoms in total. The molecule has 0 aliphatic heterocycles. The lowest BCUT2D eigenvalue weighted by atomic mass is 10.2. The van der Waals surface area contributed by atoms with Crippen LogP contribution >= 0.6 is 7.75 Å². The molecule has 7 heteroatoms. The van der Waals surface area contributed by atoms with E-state index in [1.807, 2.05) is 18.2 Å². The molecule has 0 radical (unpaired) electrons. The fourth-order valence-electron chi connectivity index (χ4n) is 1.09. The van der Waals surface area contributed by atoms with Crippen LogP contribution in [0, 0.1) is 0 Å². The molecule has 2 aromatic rings. The molecule has 0 spiro atoms. The van der Waals surface area contributed by atoms with E-state index in [4.69, 9.17) is 14.4 Å². The van der Waals surface area contributed by atoms with Crippen molar-refractivity contribution >= 4 is 18.6 Å². The van der Waals surface area contributed by atoms with Gasteiger partial charge in [-0.1, -0.05) is 18.2 Å². The highest BCUT2D eigenvalue weighted by Crippen LogP contribution is 2.20. The lowest BCUT2D eigenvalue weighted by Crippen LogP contribution is -1.87. The first-order chi connectivity index (χ1) is 7.38. The Labute approximate surface area is 91.6 Å². The van der Waals surface area contributed by atoms with E-state index in [1.54, 1.807) is 18.3 Å². The summed E-state index contributed by atoms with van der Waals surface area (Å²) in [6, 6.07) is 9.13. The second-order valence-electron chi connectivity index (χ2n) is 2.94. The van der Waals surface area contributed by atoms with Crippen molar-refractivity contribution in [2.45, 2.75) is 0 Å².